The molecule has 3 N–H and O–H groups in total. The van der Waals surface area contributed by atoms with Gasteiger partial charge in [-0.2, -0.15) is 0 Å². The van der Waals surface area contributed by atoms with Crippen molar-refractivity contribution in [3.63, 3.8) is 0 Å². The van der Waals surface area contributed by atoms with Gasteiger partial charge in [-0.05, 0) is 48.0 Å². The molecule has 2 heterocycles. The molecule has 0 spiro atoms. The van der Waals surface area contributed by atoms with E-state index in [-0.39, 0.29) is 23.1 Å². The first-order valence-corrected chi connectivity index (χ1v) is 8.75. The van der Waals surface area contributed by atoms with Crippen LogP contribution in [0.4, 0.5) is 5.82 Å². The third-order valence-electron chi connectivity index (χ3n) is 4.36. The van der Waals surface area contributed by atoms with Crippen molar-refractivity contribution in [1.82, 2.24) is 14.5 Å². The van der Waals surface area contributed by atoms with Crippen molar-refractivity contribution in [3.05, 3.63) is 98.8 Å². The predicted molar refractivity (Wildman–Crippen MR) is 108 cm³/mol. The van der Waals surface area contributed by atoms with E-state index in [0.717, 1.165) is 4.57 Å². The van der Waals surface area contributed by atoms with E-state index in [0.29, 0.717) is 17.1 Å². The summed E-state index contributed by atoms with van der Waals surface area (Å²) in [5.41, 5.74) is 6.18. The topological polar surface area (TPSA) is 120 Å². The Morgan fingerprint density at radius 3 is 2.62 bits per heavy atom. The molecule has 2 aromatic heterocycles. The van der Waals surface area contributed by atoms with Crippen LogP contribution in [-0.4, -0.2) is 20.5 Å². The van der Waals surface area contributed by atoms with Crippen LogP contribution >= 0.6 is 0 Å². The first-order valence-electron chi connectivity index (χ1n) is 8.75. The molecule has 29 heavy (non-hydrogen) atoms. The molecule has 4 aromatic rings. The van der Waals surface area contributed by atoms with E-state index < -0.39 is 17.2 Å². The number of rotatable bonds is 4. The number of esters is 1. The van der Waals surface area contributed by atoms with E-state index in [9.17, 15) is 14.4 Å². The van der Waals surface area contributed by atoms with Gasteiger partial charge < -0.3 is 15.5 Å². The molecule has 144 valence electrons. The number of nitrogen functional groups attached to an aromatic ring is 1. The van der Waals surface area contributed by atoms with Crippen LogP contribution in [-0.2, 0) is 11.3 Å². The highest BCUT2D eigenvalue weighted by molar-refractivity contribution is 5.94. The van der Waals surface area contributed by atoms with Gasteiger partial charge in [-0.3, -0.25) is 4.79 Å². The van der Waals surface area contributed by atoms with Crippen molar-refractivity contribution < 1.29 is 9.53 Å². The van der Waals surface area contributed by atoms with E-state index in [4.69, 9.17) is 10.5 Å². The van der Waals surface area contributed by atoms with Crippen molar-refractivity contribution in [3.8, 4) is 5.69 Å². The summed E-state index contributed by atoms with van der Waals surface area (Å²) in [7, 11) is 0. The van der Waals surface area contributed by atoms with Crippen LogP contribution < -0.4 is 17.0 Å². The van der Waals surface area contributed by atoms with Gasteiger partial charge in [0.1, 0.15) is 12.4 Å². The number of nitrogens with two attached hydrogens (primary N) is 1. The molecule has 8 heteroatoms. The molecule has 0 aliphatic rings. The molecule has 4 rings (SSSR count). The lowest BCUT2D eigenvalue weighted by Gasteiger charge is -2.08. The number of fused-ring (bicyclic) bond motifs is 1. The minimum Gasteiger partial charge on any atom is -0.457 e. The van der Waals surface area contributed by atoms with Gasteiger partial charge in [0, 0.05) is 6.20 Å². The molecular weight excluding hydrogens is 372 g/mol. The number of hydrogen-bond acceptors (Lipinski definition) is 6. The number of benzene rings is 2. The second-order valence-corrected chi connectivity index (χ2v) is 6.33. The summed E-state index contributed by atoms with van der Waals surface area (Å²) in [4.78, 5) is 44.1. The van der Waals surface area contributed by atoms with Gasteiger partial charge in [-0.15, -0.1) is 0 Å². The highest BCUT2D eigenvalue weighted by Crippen LogP contribution is 2.13. The largest absolute Gasteiger partial charge is 0.457 e. The van der Waals surface area contributed by atoms with Crippen molar-refractivity contribution in [1.29, 1.82) is 0 Å². The van der Waals surface area contributed by atoms with Crippen LogP contribution in [0.1, 0.15) is 15.9 Å². The molecule has 0 unspecified atom stereocenters. The smallest absolute Gasteiger partial charge is 0.338 e. The molecular formula is C21H16N4O4. The zero-order valence-electron chi connectivity index (χ0n) is 15.2. The van der Waals surface area contributed by atoms with E-state index in [2.05, 4.69) is 9.97 Å². The molecule has 0 saturated carbocycles. The Morgan fingerprint density at radius 2 is 1.86 bits per heavy atom. The summed E-state index contributed by atoms with van der Waals surface area (Å²) < 4.78 is 6.32. The number of nitrogens with zero attached hydrogens (tertiary/aromatic N) is 2. The number of H-pyrrole nitrogens is 1. The summed E-state index contributed by atoms with van der Waals surface area (Å²) in [6.07, 6.45) is 1.52. The first kappa shape index (κ1) is 18.2. The third-order valence-corrected chi connectivity index (χ3v) is 4.36. The Labute approximate surface area is 164 Å². The molecule has 2 aromatic carbocycles. The Kier molecular flexibility index (Phi) is 4.66. The Hall–Kier alpha value is -4.20. The maximum Gasteiger partial charge on any atom is 0.338 e. The Morgan fingerprint density at radius 1 is 1.07 bits per heavy atom. The number of para-hydroxylation sites is 1. The van der Waals surface area contributed by atoms with Gasteiger partial charge in [-0.1, -0.05) is 18.2 Å². The predicted octanol–water partition coefficient (Wildman–Crippen LogP) is 2.01. The number of carbonyl (C=O) groups is 1. The van der Waals surface area contributed by atoms with Crippen LogP contribution in [0.5, 0.6) is 0 Å². The lowest BCUT2D eigenvalue weighted by atomic mass is 10.1. The number of aromatic nitrogens is 3. The van der Waals surface area contributed by atoms with Gasteiger partial charge in [0.25, 0.3) is 5.56 Å². The van der Waals surface area contributed by atoms with Crippen molar-refractivity contribution in [2.45, 2.75) is 6.61 Å². The van der Waals surface area contributed by atoms with Gasteiger partial charge in [0.2, 0.25) is 0 Å². The zero-order valence-corrected chi connectivity index (χ0v) is 15.2. The zero-order chi connectivity index (χ0) is 20.4. The fourth-order valence-corrected chi connectivity index (χ4v) is 2.97. The molecule has 0 amide bonds. The van der Waals surface area contributed by atoms with E-state index in [1.165, 1.54) is 24.4 Å². The van der Waals surface area contributed by atoms with E-state index in [1.807, 2.05) is 0 Å². The van der Waals surface area contributed by atoms with Crippen molar-refractivity contribution in [2.75, 3.05) is 5.73 Å². The summed E-state index contributed by atoms with van der Waals surface area (Å²) in [6, 6.07) is 16.3. The van der Waals surface area contributed by atoms with Gasteiger partial charge in [0.15, 0.2) is 0 Å². The lowest BCUT2D eigenvalue weighted by molar-refractivity contribution is 0.0473. The van der Waals surface area contributed by atoms with Crippen molar-refractivity contribution >= 4 is 22.7 Å². The number of pyridine rings is 1. The molecule has 0 saturated heterocycles. The first-order chi connectivity index (χ1) is 14.0. The minimum absolute atomic E-state index is 0.0235. The standard InChI is InChI=1S/C21H16N4O4/c22-18-10-13(8-9-23-18)12-29-20(27)14-6-7-16-17(11-14)24-21(28)25(19(16)26)15-4-2-1-3-5-15/h1-11H,12H2,(H2,22,23)(H,24,28). The minimum atomic E-state index is -0.591. The Balaban J connectivity index is 1.65. The molecule has 8 nitrogen and oxygen atoms in total. The quantitative estimate of drug-likeness (QED) is 0.516. The number of anilines is 1. The van der Waals surface area contributed by atoms with Crippen LogP contribution in [0.25, 0.3) is 16.6 Å². The summed E-state index contributed by atoms with van der Waals surface area (Å²) >= 11 is 0. The third kappa shape index (κ3) is 3.63. The molecule has 0 bridgehead atoms. The van der Waals surface area contributed by atoms with E-state index >= 15 is 0 Å². The van der Waals surface area contributed by atoms with Crippen LogP contribution in [0.3, 0.4) is 0 Å². The highest BCUT2D eigenvalue weighted by Gasteiger charge is 2.13. The number of ether oxygens (including phenoxy) is 1. The van der Waals surface area contributed by atoms with Crippen molar-refractivity contribution in [2.24, 2.45) is 0 Å². The summed E-state index contributed by atoms with van der Waals surface area (Å²) in [5.74, 6) is -0.258. The maximum atomic E-state index is 12.8. The monoisotopic (exact) mass is 388 g/mol. The summed E-state index contributed by atoms with van der Waals surface area (Å²) in [6.45, 7) is 0.0235. The molecule has 0 atom stereocenters. The fraction of sp³-hybridized carbons (Fsp3) is 0.0476. The number of hydrogen-bond donors (Lipinski definition) is 2. The average Bonchev–Trinajstić information content (AvgIpc) is 2.72. The van der Waals surface area contributed by atoms with Crippen LogP contribution in [0.2, 0.25) is 0 Å². The molecule has 0 aliphatic heterocycles. The van der Waals surface area contributed by atoms with Gasteiger partial charge >= 0.3 is 11.7 Å². The van der Waals surface area contributed by atoms with Crippen LogP contribution in [0, 0.1) is 0 Å². The second-order valence-electron chi connectivity index (χ2n) is 6.33. The maximum absolute atomic E-state index is 12.8. The van der Waals surface area contributed by atoms with Gasteiger partial charge in [0.05, 0.1) is 22.2 Å². The van der Waals surface area contributed by atoms with Crippen LogP contribution in [0.15, 0.2) is 76.4 Å². The Bertz CT molecular complexity index is 1330. The summed E-state index contributed by atoms with van der Waals surface area (Å²) in [5, 5.41) is 0.284. The average molecular weight is 388 g/mol. The molecule has 0 radical (unpaired) electrons. The normalized spacial score (nSPS) is 10.8. The second kappa shape index (κ2) is 7.43. The number of nitrogens with one attached hydrogen (secondary N) is 1. The van der Waals surface area contributed by atoms with E-state index in [1.54, 1.807) is 42.5 Å². The molecule has 0 fully saturated rings. The number of carbonyl (C=O) groups excluding carboxylic acids is 1. The lowest BCUT2D eigenvalue weighted by Crippen LogP contribution is -2.33. The fourth-order valence-electron chi connectivity index (χ4n) is 2.97. The SMILES string of the molecule is Nc1cc(COC(=O)c2ccc3c(=O)n(-c4ccccc4)c(=O)[nH]c3c2)ccn1. The van der Waals surface area contributed by atoms with Gasteiger partial charge in [-0.25, -0.2) is 19.1 Å². The number of aromatic amines is 1. The highest BCUT2D eigenvalue weighted by atomic mass is 16.5. The molecule has 0 aliphatic carbocycles.